The number of carbonyl (C=O) groups is 1. The molecule has 1 fully saturated rings. The van der Waals surface area contributed by atoms with E-state index in [0.29, 0.717) is 12.8 Å². The van der Waals surface area contributed by atoms with E-state index in [0.717, 1.165) is 6.07 Å². The van der Waals surface area contributed by atoms with E-state index in [1.807, 2.05) is 0 Å². The van der Waals surface area contributed by atoms with Crippen molar-refractivity contribution in [3.8, 4) is 6.07 Å². The van der Waals surface area contributed by atoms with Crippen molar-refractivity contribution >= 4 is 6.03 Å². The summed E-state index contributed by atoms with van der Waals surface area (Å²) in [5.74, 6) is -2.20. The maximum Gasteiger partial charge on any atom is 0.393 e. The number of nitrogens with one attached hydrogen (secondary N) is 2. The predicted octanol–water partition coefficient (Wildman–Crippen LogP) is 3.62. The largest absolute Gasteiger partial charge is 0.393 e. The van der Waals surface area contributed by atoms with Gasteiger partial charge in [-0.05, 0) is 25.0 Å². The summed E-state index contributed by atoms with van der Waals surface area (Å²) >= 11 is 0. The number of carbonyl (C=O) groups excluding carboxylic acids is 1. The fourth-order valence-corrected chi connectivity index (χ4v) is 2.85. The van der Waals surface area contributed by atoms with E-state index in [1.54, 1.807) is 6.07 Å². The molecule has 1 saturated carbocycles. The summed E-state index contributed by atoms with van der Waals surface area (Å²) in [6.45, 7) is -0.174. The molecule has 1 aliphatic rings. The highest BCUT2D eigenvalue weighted by Gasteiger charge is 2.45. The maximum atomic E-state index is 13.7. The Morgan fingerprint density at radius 1 is 1.29 bits per heavy atom. The topological polar surface area (TPSA) is 64.9 Å². The van der Waals surface area contributed by atoms with Crippen LogP contribution >= 0.6 is 0 Å². The number of nitriles is 1. The normalized spacial score (nSPS) is 21.0. The number of halogens is 4. The molecule has 24 heavy (non-hydrogen) atoms. The van der Waals surface area contributed by atoms with Gasteiger partial charge in [0.2, 0.25) is 0 Å². The van der Waals surface area contributed by atoms with E-state index in [4.69, 9.17) is 5.26 Å². The van der Waals surface area contributed by atoms with Crippen molar-refractivity contribution in [1.29, 1.82) is 5.26 Å². The quantitative estimate of drug-likeness (QED) is 0.824. The third-order valence-corrected chi connectivity index (χ3v) is 4.12. The molecular weight excluding hydrogens is 326 g/mol. The van der Waals surface area contributed by atoms with Crippen molar-refractivity contribution in [3.05, 3.63) is 35.1 Å². The van der Waals surface area contributed by atoms with Crippen LogP contribution < -0.4 is 10.6 Å². The van der Waals surface area contributed by atoms with Gasteiger partial charge in [-0.2, -0.15) is 18.4 Å². The van der Waals surface area contributed by atoms with Crippen LogP contribution in [-0.4, -0.2) is 18.2 Å². The van der Waals surface area contributed by atoms with Gasteiger partial charge in [-0.3, -0.25) is 0 Å². The Balaban J connectivity index is 1.92. The van der Waals surface area contributed by atoms with Crippen molar-refractivity contribution in [1.82, 2.24) is 10.6 Å². The molecule has 0 aliphatic heterocycles. The molecule has 1 aliphatic carbocycles. The molecule has 4 nitrogen and oxygen atoms in total. The van der Waals surface area contributed by atoms with Gasteiger partial charge in [0, 0.05) is 18.2 Å². The average Bonchev–Trinajstić information content (AvgIpc) is 2.53. The molecule has 0 bridgehead atoms. The summed E-state index contributed by atoms with van der Waals surface area (Å²) in [4.78, 5) is 11.8. The van der Waals surface area contributed by atoms with Gasteiger partial charge in [0.05, 0.1) is 17.6 Å². The molecule has 0 spiro atoms. The first-order chi connectivity index (χ1) is 11.3. The van der Waals surface area contributed by atoms with Crippen LogP contribution in [0.3, 0.4) is 0 Å². The zero-order valence-electron chi connectivity index (χ0n) is 12.8. The first kappa shape index (κ1) is 18.0. The van der Waals surface area contributed by atoms with Crippen LogP contribution in [-0.2, 0) is 6.54 Å². The van der Waals surface area contributed by atoms with E-state index in [-0.39, 0.29) is 30.5 Å². The number of nitrogens with zero attached hydrogens (tertiary/aromatic N) is 1. The molecular formula is C16H17F4N3O. The van der Waals surface area contributed by atoms with Gasteiger partial charge in [0.25, 0.3) is 0 Å². The summed E-state index contributed by atoms with van der Waals surface area (Å²) in [5.41, 5.74) is 0.302. The Morgan fingerprint density at radius 2 is 2.00 bits per heavy atom. The van der Waals surface area contributed by atoms with Crippen LogP contribution in [0.25, 0.3) is 0 Å². The molecule has 0 heterocycles. The number of benzene rings is 1. The van der Waals surface area contributed by atoms with E-state index in [1.165, 1.54) is 12.1 Å². The second kappa shape index (κ2) is 7.51. The molecule has 130 valence electrons. The zero-order valence-corrected chi connectivity index (χ0v) is 12.8. The lowest BCUT2D eigenvalue weighted by Crippen LogP contribution is -2.50. The summed E-state index contributed by atoms with van der Waals surface area (Å²) in [6, 6.07) is 3.85. The number of hydrogen-bond acceptors (Lipinski definition) is 2. The van der Waals surface area contributed by atoms with E-state index in [9.17, 15) is 22.4 Å². The predicted molar refractivity (Wildman–Crippen MR) is 78.3 cm³/mol. The Kier molecular flexibility index (Phi) is 5.65. The summed E-state index contributed by atoms with van der Waals surface area (Å²) in [7, 11) is 0. The molecule has 0 aromatic heterocycles. The van der Waals surface area contributed by atoms with Gasteiger partial charge in [-0.25, -0.2) is 9.18 Å². The number of rotatable bonds is 3. The summed E-state index contributed by atoms with van der Waals surface area (Å²) in [5, 5.41) is 13.4. The van der Waals surface area contributed by atoms with Gasteiger partial charge in [0.1, 0.15) is 5.82 Å². The summed E-state index contributed by atoms with van der Waals surface area (Å²) < 4.78 is 52.6. The lowest BCUT2D eigenvalue weighted by atomic mass is 9.84. The second-order valence-corrected chi connectivity index (χ2v) is 5.78. The van der Waals surface area contributed by atoms with Gasteiger partial charge < -0.3 is 10.6 Å². The van der Waals surface area contributed by atoms with Crippen LogP contribution in [0.5, 0.6) is 0 Å². The summed E-state index contributed by atoms with van der Waals surface area (Å²) in [6.07, 6.45) is -2.97. The average molecular weight is 343 g/mol. The molecule has 2 rings (SSSR count). The van der Waals surface area contributed by atoms with Crippen molar-refractivity contribution in [2.75, 3.05) is 0 Å². The minimum absolute atomic E-state index is 0.00129. The standard InChI is InChI=1S/C16H17F4N3O/c17-13-7-10(8-21)5-6-11(13)9-22-15(24)23-14-4-2-1-3-12(14)16(18,19)20/h5-7,12,14H,1-4,9H2,(H2,22,23,24)/t12-,14+/m1/s1. The first-order valence-electron chi connectivity index (χ1n) is 7.61. The van der Waals surface area contributed by atoms with Crippen molar-refractivity contribution in [3.63, 3.8) is 0 Å². The highest BCUT2D eigenvalue weighted by atomic mass is 19.4. The van der Waals surface area contributed by atoms with Crippen LogP contribution in [0, 0.1) is 23.1 Å². The molecule has 2 N–H and O–H groups in total. The molecule has 2 amide bonds. The minimum atomic E-state index is -4.35. The Labute approximate surface area is 136 Å². The lowest BCUT2D eigenvalue weighted by Gasteiger charge is -2.33. The molecule has 1 aromatic rings. The fraction of sp³-hybridized carbons (Fsp3) is 0.500. The highest BCUT2D eigenvalue weighted by Crippen LogP contribution is 2.37. The van der Waals surface area contributed by atoms with E-state index >= 15 is 0 Å². The minimum Gasteiger partial charge on any atom is -0.335 e. The Bertz CT molecular complexity index is 639. The number of urea groups is 1. The third-order valence-electron chi connectivity index (χ3n) is 4.12. The van der Waals surface area contributed by atoms with Crippen molar-refractivity contribution in [2.45, 2.75) is 44.4 Å². The molecule has 0 unspecified atom stereocenters. The van der Waals surface area contributed by atoms with Crippen LogP contribution in [0.4, 0.5) is 22.4 Å². The van der Waals surface area contributed by atoms with E-state index < -0.39 is 30.0 Å². The fourth-order valence-electron chi connectivity index (χ4n) is 2.85. The number of amides is 2. The zero-order chi connectivity index (χ0) is 17.7. The lowest BCUT2D eigenvalue weighted by molar-refractivity contribution is -0.187. The van der Waals surface area contributed by atoms with Crippen molar-refractivity contribution < 1.29 is 22.4 Å². The molecule has 8 heteroatoms. The molecule has 1 aromatic carbocycles. The van der Waals surface area contributed by atoms with Crippen LogP contribution in [0.15, 0.2) is 18.2 Å². The Hall–Kier alpha value is -2.30. The maximum absolute atomic E-state index is 13.7. The van der Waals surface area contributed by atoms with Gasteiger partial charge in [-0.15, -0.1) is 0 Å². The van der Waals surface area contributed by atoms with Gasteiger partial charge in [-0.1, -0.05) is 18.9 Å². The van der Waals surface area contributed by atoms with E-state index in [2.05, 4.69) is 10.6 Å². The number of alkyl halides is 3. The molecule has 0 radical (unpaired) electrons. The molecule has 0 saturated heterocycles. The third kappa shape index (κ3) is 4.60. The monoisotopic (exact) mass is 343 g/mol. The smallest absolute Gasteiger partial charge is 0.335 e. The number of hydrogen-bond donors (Lipinski definition) is 2. The second-order valence-electron chi connectivity index (χ2n) is 5.78. The van der Waals surface area contributed by atoms with Gasteiger partial charge >= 0.3 is 12.2 Å². The highest BCUT2D eigenvalue weighted by molar-refractivity contribution is 5.74. The van der Waals surface area contributed by atoms with Crippen molar-refractivity contribution in [2.24, 2.45) is 5.92 Å². The van der Waals surface area contributed by atoms with Gasteiger partial charge in [0.15, 0.2) is 0 Å². The van der Waals surface area contributed by atoms with Crippen LogP contribution in [0.2, 0.25) is 0 Å². The first-order valence-corrected chi connectivity index (χ1v) is 7.61. The SMILES string of the molecule is N#Cc1ccc(CNC(=O)N[C@H]2CCCC[C@H]2C(F)(F)F)c(F)c1. The Morgan fingerprint density at radius 3 is 2.62 bits per heavy atom. The molecule has 2 atom stereocenters. The van der Waals surface area contributed by atoms with Crippen LogP contribution in [0.1, 0.15) is 36.8 Å².